The highest BCUT2D eigenvalue weighted by atomic mass is 35.5. The molecular weight excluding hydrogens is 202 g/mol. The number of alkyl halides is 1. The summed E-state index contributed by atoms with van der Waals surface area (Å²) in [7, 11) is 0. The fourth-order valence-corrected chi connectivity index (χ4v) is 1.89. The van der Waals surface area contributed by atoms with E-state index in [1.165, 1.54) is 0 Å². The second-order valence-electron chi connectivity index (χ2n) is 3.85. The quantitative estimate of drug-likeness (QED) is 0.676. The first-order valence-electron chi connectivity index (χ1n) is 5.12. The van der Waals surface area contributed by atoms with Crippen molar-refractivity contribution >= 4 is 17.5 Å². The maximum atomic E-state index is 11.7. The summed E-state index contributed by atoms with van der Waals surface area (Å²) in [4.78, 5) is 13.5. The van der Waals surface area contributed by atoms with Crippen molar-refractivity contribution in [3.05, 3.63) is 0 Å². The Hall–Kier alpha value is -0.280. The Bertz CT molecular complexity index is 189. The molecule has 0 saturated carbocycles. The fourth-order valence-electron chi connectivity index (χ4n) is 1.76. The lowest BCUT2D eigenvalue weighted by Gasteiger charge is -2.35. The summed E-state index contributed by atoms with van der Waals surface area (Å²) in [5.74, 6) is 0.758. The maximum Gasteiger partial charge on any atom is 0.222 e. The van der Waals surface area contributed by atoms with Crippen LogP contribution >= 0.6 is 11.6 Å². The van der Waals surface area contributed by atoms with E-state index in [9.17, 15) is 4.79 Å². The fraction of sp³-hybridized carbons (Fsp3) is 0.900. The molecule has 82 valence electrons. The minimum Gasteiger partial charge on any atom is -0.372 e. The molecule has 1 aliphatic rings. The highest BCUT2D eigenvalue weighted by molar-refractivity contribution is 6.17. The lowest BCUT2D eigenvalue weighted by molar-refractivity contribution is -0.143. The van der Waals surface area contributed by atoms with Gasteiger partial charge in [-0.3, -0.25) is 4.79 Å². The summed E-state index contributed by atoms with van der Waals surface area (Å²) in [5, 5.41) is 0. The normalized spacial score (nSPS) is 27.8. The third-order valence-electron chi connectivity index (χ3n) is 2.30. The molecule has 1 saturated heterocycles. The van der Waals surface area contributed by atoms with Crippen molar-refractivity contribution in [1.82, 2.24) is 4.90 Å². The Morgan fingerprint density at radius 2 is 2.00 bits per heavy atom. The molecule has 0 aliphatic carbocycles. The van der Waals surface area contributed by atoms with Crippen LogP contribution in [0.2, 0.25) is 0 Å². The van der Waals surface area contributed by atoms with E-state index in [-0.39, 0.29) is 18.1 Å². The zero-order valence-electron chi connectivity index (χ0n) is 8.83. The number of morpholine rings is 1. The van der Waals surface area contributed by atoms with Crippen molar-refractivity contribution in [2.45, 2.75) is 38.9 Å². The summed E-state index contributed by atoms with van der Waals surface area (Å²) in [5.41, 5.74) is 0. The molecule has 1 aliphatic heterocycles. The molecule has 1 rings (SSSR count). The van der Waals surface area contributed by atoms with Gasteiger partial charge in [0.05, 0.1) is 12.2 Å². The average Bonchev–Trinajstić information content (AvgIpc) is 2.12. The van der Waals surface area contributed by atoms with Gasteiger partial charge in [-0.1, -0.05) is 0 Å². The molecule has 4 heteroatoms. The van der Waals surface area contributed by atoms with E-state index in [4.69, 9.17) is 16.3 Å². The van der Waals surface area contributed by atoms with Crippen LogP contribution in [0.15, 0.2) is 0 Å². The molecule has 0 N–H and O–H groups in total. The largest absolute Gasteiger partial charge is 0.372 e. The Labute approximate surface area is 90.4 Å². The van der Waals surface area contributed by atoms with Gasteiger partial charge in [0.15, 0.2) is 0 Å². The molecule has 1 fully saturated rings. The average molecular weight is 220 g/mol. The Morgan fingerprint density at radius 3 is 2.50 bits per heavy atom. The molecule has 0 aromatic heterocycles. The molecule has 2 atom stereocenters. The minimum atomic E-state index is 0.152. The summed E-state index contributed by atoms with van der Waals surface area (Å²) >= 11 is 5.55. The van der Waals surface area contributed by atoms with Gasteiger partial charge in [-0.15, -0.1) is 11.6 Å². The second kappa shape index (κ2) is 5.56. The Morgan fingerprint density at radius 1 is 1.43 bits per heavy atom. The number of ether oxygens (including phenoxy) is 1. The molecule has 0 aromatic carbocycles. The van der Waals surface area contributed by atoms with Crippen molar-refractivity contribution in [2.24, 2.45) is 0 Å². The molecule has 2 unspecified atom stereocenters. The molecule has 1 heterocycles. The number of hydrogen-bond acceptors (Lipinski definition) is 2. The van der Waals surface area contributed by atoms with E-state index < -0.39 is 0 Å². The van der Waals surface area contributed by atoms with Crippen molar-refractivity contribution < 1.29 is 9.53 Å². The lowest BCUT2D eigenvalue weighted by Crippen LogP contribution is -2.48. The number of nitrogens with zero attached hydrogens (tertiary/aromatic N) is 1. The molecule has 0 aromatic rings. The number of amides is 1. The van der Waals surface area contributed by atoms with Crippen molar-refractivity contribution in [3.63, 3.8) is 0 Å². The van der Waals surface area contributed by atoms with Crippen LogP contribution in [0.1, 0.15) is 26.7 Å². The maximum absolute atomic E-state index is 11.7. The number of carbonyl (C=O) groups is 1. The monoisotopic (exact) mass is 219 g/mol. The Kier molecular flexibility index (Phi) is 4.69. The molecule has 14 heavy (non-hydrogen) atoms. The lowest BCUT2D eigenvalue weighted by atomic mass is 10.2. The summed E-state index contributed by atoms with van der Waals surface area (Å²) in [6, 6.07) is 0. The third-order valence-corrected chi connectivity index (χ3v) is 2.56. The summed E-state index contributed by atoms with van der Waals surface area (Å²) in [6.45, 7) is 5.42. The van der Waals surface area contributed by atoms with Gasteiger partial charge in [0, 0.05) is 25.4 Å². The van der Waals surface area contributed by atoms with Gasteiger partial charge in [0.1, 0.15) is 0 Å². The standard InChI is InChI=1S/C10H18ClNO2/c1-8-6-12(7-9(2)14-8)10(13)4-3-5-11/h8-9H,3-7H2,1-2H3. The number of halogens is 1. The van der Waals surface area contributed by atoms with Gasteiger partial charge in [-0.25, -0.2) is 0 Å². The molecule has 0 spiro atoms. The molecule has 0 bridgehead atoms. The first-order valence-corrected chi connectivity index (χ1v) is 5.66. The van der Waals surface area contributed by atoms with Gasteiger partial charge in [0.25, 0.3) is 0 Å². The van der Waals surface area contributed by atoms with Crippen molar-refractivity contribution in [3.8, 4) is 0 Å². The predicted molar refractivity (Wildman–Crippen MR) is 56.5 cm³/mol. The SMILES string of the molecule is CC1CN(C(=O)CCCCl)CC(C)O1. The van der Waals surface area contributed by atoms with Gasteiger partial charge in [-0.2, -0.15) is 0 Å². The van der Waals surface area contributed by atoms with E-state index in [1.807, 2.05) is 18.7 Å². The van der Waals surface area contributed by atoms with Crippen LogP contribution in [-0.4, -0.2) is 42.0 Å². The number of hydrogen-bond donors (Lipinski definition) is 0. The van der Waals surface area contributed by atoms with Crippen molar-refractivity contribution in [2.75, 3.05) is 19.0 Å². The van der Waals surface area contributed by atoms with Gasteiger partial charge in [-0.05, 0) is 20.3 Å². The van der Waals surface area contributed by atoms with Crippen LogP contribution in [0.5, 0.6) is 0 Å². The third kappa shape index (κ3) is 3.46. The zero-order valence-corrected chi connectivity index (χ0v) is 9.59. The second-order valence-corrected chi connectivity index (χ2v) is 4.23. The highest BCUT2D eigenvalue weighted by Gasteiger charge is 2.25. The van der Waals surface area contributed by atoms with Crippen LogP contribution < -0.4 is 0 Å². The smallest absolute Gasteiger partial charge is 0.222 e. The molecule has 3 nitrogen and oxygen atoms in total. The van der Waals surface area contributed by atoms with Gasteiger partial charge in [0.2, 0.25) is 5.91 Å². The Balaban J connectivity index is 2.38. The topological polar surface area (TPSA) is 29.5 Å². The first kappa shape index (κ1) is 11.8. The number of rotatable bonds is 3. The highest BCUT2D eigenvalue weighted by Crippen LogP contribution is 2.12. The molecule has 1 amide bonds. The van der Waals surface area contributed by atoms with Gasteiger partial charge >= 0.3 is 0 Å². The van der Waals surface area contributed by atoms with Crippen molar-refractivity contribution in [1.29, 1.82) is 0 Å². The minimum absolute atomic E-state index is 0.152. The van der Waals surface area contributed by atoms with E-state index in [2.05, 4.69) is 0 Å². The first-order chi connectivity index (χ1) is 6.63. The van der Waals surface area contributed by atoms with Crippen LogP contribution in [0.25, 0.3) is 0 Å². The number of carbonyl (C=O) groups excluding carboxylic acids is 1. The van der Waals surface area contributed by atoms with E-state index in [1.54, 1.807) is 0 Å². The van der Waals surface area contributed by atoms with Crippen LogP contribution in [-0.2, 0) is 9.53 Å². The van der Waals surface area contributed by atoms with Crippen LogP contribution in [0, 0.1) is 0 Å². The summed E-state index contributed by atoms with van der Waals surface area (Å²) in [6.07, 6.45) is 1.63. The molecular formula is C10H18ClNO2. The van der Waals surface area contributed by atoms with E-state index >= 15 is 0 Å². The zero-order chi connectivity index (χ0) is 10.6. The van der Waals surface area contributed by atoms with E-state index in [0.29, 0.717) is 25.4 Å². The van der Waals surface area contributed by atoms with Crippen LogP contribution in [0.4, 0.5) is 0 Å². The molecule has 0 radical (unpaired) electrons. The predicted octanol–water partition coefficient (Wildman–Crippen LogP) is 1.64. The van der Waals surface area contributed by atoms with E-state index in [0.717, 1.165) is 6.42 Å². The van der Waals surface area contributed by atoms with Gasteiger partial charge < -0.3 is 9.64 Å². The van der Waals surface area contributed by atoms with Crippen LogP contribution in [0.3, 0.4) is 0 Å². The summed E-state index contributed by atoms with van der Waals surface area (Å²) < 4.78 is 5.55.